The van der Waals surface area contributed by atoms with Crippen molar-refractivity contribution in [2.24, 2.45) is 0 Å². The highest BCUT2D eigenvalue weighted by Gasteiger charge is 2.34. The molecule has 0 saturated carbocycles. The molecule has 5 nitrogen and oxygen atoms in total. The maximum absolute atomic E-state index is 11.2. The lowest BCUT2D eigenvalue weighted by molar-refractivity contribution is -0.155. The standard InChI is InChI=1S/C24H26O5/c25-22-15-20(24(27)29-22)21-13-12-18(23(26)28-21)8-3-1-2-6-16-10-11-17-7-4-5-9-19(17)14-16/h4-5,7,9-12,14-15,21,23-24,26-27H,1-3,6,8,13H2. The zero-order valence-electron chi connectivity index (χ0n) is 16.3. The van der Waals surface area contributed by atoms with Gasteiger partial charge in [-0.3, -0.25) is 0 Å². The molecule has 0 aromatic heterocycles. The van der Waals surface area contributed by atoms with Crippen molar-refractivity contribution >= 4 is 16.7 Å². The van der Waals surface area contributed by atoms with Gasteiger partial charge in [0.1, 0.15) is 0 Å². The van der Waals surface area contributed by atoms with E-state index in [9.17, 15) is 15.0 Å². The molecule has 0 aliphatic carbocycles. The maximum Gasteiger partial charge on any atom is 0.333 e. The van der Waals surface area contributed by atoms with Crippen molar-refractivity contribution in [2.45, 2.75) is 57.2 Å². The normalized spacial score (nSPS) is 24.3. The summed E-state index contributed by atoms with van der Waals surface area (Å²) in [6.07, 6.45) is 5.90. The van der Waals surface area contributed by atoms with Crippen LogP contribution in [0.1, 0.15) is 37.7 Å². The van der Waals surface area contributed by atoms with Crippen LogP contribution in [0, 0.1) is 0 Å². The molecule has 3 atom stereocenters. The molecule has 2 heterocycles. The van der Waals surface area contributed by atoms with Gasteiger partial charge in [-0.15, -0.1) is 0 Å². The lowest BCUT2D eigenvalue weighted by atomic mass is 9.97. The second-order valence-electron chi connectivity index (χ2n) is 7.67. The number of hydrogen-bond donors (Lipinski definition) is 2. The van der Waals surface area contributed by atoms with E-state index in [1.807, 2.05) is 6.08 Å². The van der Waals surface area contributed by atoms with Crippen LogP contribution in [-0.2, 0) is 20.7 Å². The van der Waals surface area contributed by atoms with Crippen molar-refractivity contribution in [2.75, 3.05) is 0 Å². The number of aliphatic hydroxyl groups excluding tert-OH is 2. The molecule has 2 aromatic rings. The molecule has 5 heteroatoms. The molecule has 2 aromatic carbocycles. The third-order valence-electron chi connectivity index (χ3n) is 5.62. The first kappa shape index (κ1) is 19.8. The lowest BCUT2D eigenvalue weighted by Crippen LogP contribution is -2.32. The van der Waals surface area contributed by atoms with E-state index in [4.69, 9.17) is 4.74 Å². The molecular formula is C24H26O5. The Morgan fingerprint density at radius 3 is 2.48 bits per heavy atom. The Morgan fingerprint density at radius 2 is 1.72 bits per heavy atom. The van der Waals surface area contributed by atoms with Crippen LogP contribution >= 0.6 is 0 Å². The van der Waals surface area contributed by atoms with Crippen molar-refractivity contribution in [1.82, 2.24) is 0 Å². The van der Waals surface area contributed by atoms with E-state index in [2.05, 4.69) is 47.2 Å². The number of cyclic esters (lactones) is 1. The molecule has 152 valence electrons. The van der Waals surface area contributed by atoms with Crippen molar-refractivity contribution in [3.63, 3.8) is 0 Å². The molecule has 0 radical (unpaired) electrons. The Hall–Kier alpha value is -2.47. The summed E-state index contributed by atoms with van der Waals surface area (Å²) in [6.45, 7) is 0. The average Bonchev–Trinajstić information content (AvgIpc) is 3.06. The van der Waals surface area contributed by atoms with E-state index in [1.165, 1.54) is 22.4 Å². The van der Waals surface area contributed by atoms with E-state index in [-0.39, 0.29) is 0 Å². The molecule has 0 bridgehead atoms. The SMILES string of the molecule is O=C1C=C(C2CC=C(CCCCCc3ccc4ccccc4c3)C(O)O2)C(O)O1. The summed E-state index contributed by atoms with van der Waals surface area (Å²) < 4.78 is 10.3. The summed E-state index contributed by atoms with van der Waals surface area (Å²) in [7, 11) is 0. The Morgan fingerprint density at radius 1 is 0.931 bits per heavy atom. The van der Waals surface area contributed by atoms with Crippen LogP contribution in [0.3, 0.4) is 0 Å². The minimum Gasteiger partial charge on any atom is -0.429 e. The highest BCUT2D eigenvalue weighted by atomic mass is 16.6. The molecule has 3 unspecified atom stereocenters. The average molecular weight is 394 g/mol. The first-order valence-electron chi connectivity index (χ1n) is 10.2. The van der Waals surface area contributed by atoms with Gasteiger partial charge in [0.25, 0.3) is 0 Å². The smallest absolute Gasteiger partial charge is 0.333 e. The van der Waals surface area contributed by atoms with E-state index in [0.717, 1.165) is 37.7 Å². The van der Waals surface area contributed by atoms with Gasteiger partial charge >= 0.3 is 5.97 Å². The zero-order valence-corrected chi connectivity index (χ0v) is 16.3. The molecule has 0 amide bonds. The van der Waals surface area contributed by atoms with E-state index in [0.29, 0.717) is 12.0 Å². The number of aryl methyl sites for hydroxylation is 1. The fourth-order valence-corrected chi connectivity index (χ4v) is 4.00. The fourth-order valence-electron chi connectivity index (χ4n) is 4.00. The quantitative estimate of drug-likeness (QED) is 0.425. The van der Waals surface area contributed by atoms with Gasteiger partial charge in [0.15, 0.2) is 6.29 Å². The Balaban J connectivity index is 1.22. The van der Waals surface area contributed by atoms with E-state index >= 15 is 0 Å². The van der Waals surface area contributed by atoms with Crippen LogP contribution in [0.4, 0.5) is 0 Å². The van der Waals surface area contributed by atoms with Gasteiger partial charge in [-0.1, -0.05) is 55.0 Å². The van der Waals surface area contributed by atoms with Crippen LogP contribution < -0.4 is 0 Å². The zero-order chi connectivity index (χ0) is 20.2. The number of hydrogen-bond acceptors (Lipinski definition) is 5. The summed E-state index contributed by atoms with van der Waals surface area (Å²) in [5.74, 6) is -0.577. The summed E-state index contributed by atoms with van der Waals surface area (Å²) >= 11 is 0. The van der Waals surface area contributed by atoms with Crippen molar-refractivity contribution in [1.29, 1.82) is 0 Å². The minimum atomic E-state index is -1.27. The molecule has 0 fully saturated rings. The first-order chi connectivity index (χ1) is 14.1. The van der Waals surface area contributed by atoms with Crippen LogP contribution in [0.2, 0.25) is 0 Å². The van der Waals surface area contributed by atoms with Crippen LogP contribution in [-0.4, -0.2) is 34.9 Å². The molecule has 2 aliphatic rings. The predicted molar refractivity (Wildman–Crippen MR) is 110 cm³/mol. The van der Waals surface area contributed by atoms with Crippen LogP contribution in [0.25, 0.3) is 10.8 Å². The van der Waals surface area contributed by atoms with Crippen molar-refractivity contribution in [3.05, 3.63) is 71.3 Å². The van der Waals surface area contributed by atoms with Gasteiger partial charge in [0, 0.05) is 11.6 Å². The van der Waals surface area contributed by atoms with Gasteiger partial charge in [-0.2, -0.15) is 0 Å². The topological polar surface area (TPSA) is 76.0 Å². The monoisotopic (exact) mass is 394 g/mol. The van der Waals surface area contributed by atoms with Gasteiger partial charge in [0.05, 0.1) is 6.10 Å². The summed E-state index contributed by atoms with van der Waals surface area (Å²) in [4.78, 5) is 11.2. The van der Waals surface area contributed by atoms with Gasteiger partial charge in [-0.05, 0) is 54.0 Å². The van der Waals surface area contributed by atoms with Gasteiger partial charge in [0.2, 0.25) is 6.29 Å². The fraction of sp³-hybridized carbons (Fsp3) is 0.375. The summed E-state index contributed by atoms with van der Waals surface area (Å²) in [5.41, 5.74) is 2.60. The maximum atomic E-state index is 11.2. The summed E-state index contributed by atoms with van der Waals surface area (Å²) in [5, 5.41) is 22.5. The number of aliphatic hydroxyl groups is 2. The molecular weight excluding hydrogens is 368 g/mol. The Labute approximate surface area is 170 Å². The third kappa shape index (κ3) is 4.75. The first-order valence-corrected chi connectivity index (χ1v) is 10.2. The largest absolute Gasteiger partial charge is 0.429 e. The van der Waals surface area contributed by atoms with Crippen LogP contribution in [0.15, 0.2) is 65.8 Å². The second-order valence-corrected chi connectivity index (χ2v) is 7.67. The number of carbonyl (C=O) groups excluding carboxylic acids is 1. The number of benzene rings is 2. The molecule has 0 spiro atoms. The summed E-state index contributed by atoms with van der Waals surface area (Å²) in [6, 6.07) is 15.0. The molecule has 0 saturated heterocycles. The van der Waals surface area contributed by atoms with Crippen molar-refractivity contribution < 1.29 is 24.5 Å². The number of rotatable bonds is 7. The molecule has 2 N–H and O–H groups in total. The van der Waals surface area contributed by atoms with Gasteiger partial charge in [-0.25, -0.2) is 4.79 Å². The Bertz CT molecular complexity index is 945. The number of carbonyl (C=O) groups is 1. The van der Waals surface area contributed by atoms with E-state index in [1.54, 1.807) is 0 Å². The second kappa shape index (κ2) is 8.91. The minimum absolute atomic E-state index is 0.375. The third-order valence-corrected chi connectivity index (χ3v) is 5.62. The highest BCUT2D eigenvalue weighted by Crippen LogP contribution is 2.30. The number of unbranched alkanes of at least 4 members (excludes halogenated alkanes) is 2. The number of esters is 1. The van der Waals surface area contributed by atoms with Gasteiger partial charge < -0.3 is 19.7 Å². The van der Waals surface area contributed by atoms with Crippen LogP contribution in [0.5, 0.6) is 0 Å². The lowest BCUT2D eigenvalue weighted by Gasteiger charge is -2.28. The molecule has 29 heavy (non-hydrogen) atoms. The highest BCUT2D eigenvalue weighted by molar-refractivity contribution is 5.86. The Kier molecular flexibility index (Phi) is 6.09. The number of fused-ring (bicyclic) bond motifs is 1. The molecule has 2 aliphatic heterocycles. The molecule has 4 rings (SSSR count). The predicted octanol–water partition coefficient (Wildman–Crippen LogP) is 3.78. The van der Waals surface area contributed by atoms with Crippen molar-refractivity contribution in [3.8, 4) is 0 Å². The number of ether oxygens (including phenoxy) is 2. The van der Waals surface area contributed by atoms with E-state index < -0.39 is 24.7 Å².